The first kappa shape index (κ1) is 28.7. The molecule has 3 rings (SSSR count). The number of hydrogen-bond donors (Lipinski definition) is 3. The second-order valence-corrected chi connectivity index (χ2v) is 26.4. The van der Waals surface area contributed by atoms with Gasteiger partial charge in [0.15, 0.2) is 0 Å². The third-order valence-electron chi connectivity index (χ3n) is 7.47. The first-order valence-corrected chi connectivity index (χ1v) is 22.7. The van der Waals surface area contributed by atoms with Crippen LogP contribution in [0.15, 0.2) is 18.2 Å². The third-order valence-corrected chi connectivity index (χ3v) is 13.2. The molecule has 1 heterocycles. The van der Waals surface area contributed by atoms with E-state index in [2.05, 4.69) is 25.5 Å². The zero-order valence-corrected chi connectivity index (χ0v) is 24.5. The van der Waals surface area contributed by atoms with Crippen LogP contribution in [-0.4, -0.2) is 60.8 Å². The number of amides is 1. The fourth-order valence-corrected chi connectivity index (χ4v) is 8.77. The van der Waals surface area contributed by atoms with E-state index in [4.69, 9.17) is 4.74 Å². The summed E-state index contributed by atoms with van der Waals surface area (Å²) >= 11 is -2.77. The summed E-state index contributed by atoms with van der Waals surface area (Å²) in [6.45, 7) is 5.84. The topological polar surface area (TPSA) is 70.6 Å². The van der Waals surface area contributed by atoms with E-state index in [1.165, 1.54) is 6.07 Å². The Morgan fingerprint density at radius 1 is 1.11 bits per heavy atom. The van der Waals surface area contributed by atoms with Crippen molar-refractivity contribution in [1.82, 2.24) is 10.6 Å². The number of nitrogens with one attached hydrogen (secondary N) is 2. The van der Waals surface area contributed by atoms with Crippen molar-refractivity contribution >= 4 is 27.9 Å². The van der Waals surface area contributed by atoms with Crippen LogP contribution in [0.25, 0.3) is 0 Å². The fourth-order valence-electron chi connectivity index (χ4n) is 5.33. The molecule has 1 aliphatic carbocycles. The summed E-state index contributed by atoms with van der Waals surface area (Å²) in [5.74, 6) is -0.501. The predicted octanol–water partition coefficient (Wildman–Crippen LogP) is 4.05. The van der Waals surface area contributed by atoms with Crippen molar-refractivity contribution in [2.45, 2.75) is 78.7 Å². The van der Waals surface area contributed by atoms with Crippen LogP contribution in [0.4, 0.5) is 13.2 Å². The molecule has 2 unspecified atom stereocenters. The Morgan fingerprint density at radius 2 is 1.77 bits per heavy atom. The van der Waals surface area contributed by atoms with Crippen molar-refractivity contribution in [1.29, 1.82) is 0 Å². The minimum atomic E-state index is -4.42. The van der Waals surface area contributed by atoms with E-state index in [0.29, 0.717) is 18.0 Å². The summed E-state index contributed by atoms with van der Waals surface area (Å²) in [7, 11) is 0. The number of rotatable bonds is 8. The van der Waals surface area contributed by atoms with Gasteiger partial charge in [-0.15, -0.1) is 0 Å². The average Bonchev–Trinajstić information content (AvgIpc) is 3.20. The first-order valence-electron chi connectivity index (χ1n) is 12.7. The Hall–Kier alpha value is -0.841. The van der Waals surface area contributed by atoms with Crippen molar-refractivity contribution in [2.24, 2.45) is 17.8 Å². The maximum absolute atomic E-state index is 13.5. The zero-order valence-electron chi connectivity index (χ0n) is 21.6. The molecular weight excluding hydrogens is 564 g/mol. The second kappa shape index (κ2) is 11.3. The summed E-state index contributed by atoms with van der Waals surface area (Å²) in [6, 6.07) is 4.66. The number of benzene rings is 1. The molecule has 2 aliphatic rings. The molecule has 9 heteroatoms. The quantitative estimate of drug-likeness (QED) is 0.392. The summed E-state index contributed by atoms with van der Waals surface area (Å²) < 4.78 is 46.7. The number of hydrogen-bond acceptors (Lipinski definition) is 4. The van der Waals surface area contributed by atoms with E-state index in [-0.39, 0.29) is 30.2 Å². The fraction of sp³-hybridized carbons (Fsp3) is 0.731. The Bertz CT molecular complexity index is 842. The van der Waals surface area contributed by atoms with Crippen LogP contribution in [0.5, 0.6) is 0 Å². The van der Waals surface area contributed by atoms with Crippen LogP contribution >= 0.6 is 0 Å². The SMILES string of the molecule is CC(C)(O)C1CC(CNC2CCOCC2)C[C@H]1C(=O)NCc1cc(C(F)(F)F)c[c]([Sn]([CH3])([CH3])[CH3])c1. The minimum absolute atomic E-state index is 0.0533. The van der Waals surface area contributed by atoms with Crippen LogP contribution in [0.2, 0.25) is 14.8 Å². The number of ether oxygens (including phenoxy) is 1. The normalized spacial score (nSPS) is 24.5. The number of carbonyl (C=O) groups is 1. The van der Waals surface area contributed by atoms with E-state index in [0.717, 1.165) is 48.7 Å². The molecule has 1 aliphatic heterocycles. The molecule has 1 saturated carbocycles. The predicted molar refractivity (Wildman–Crippen MR) is 134 cm³/mol. The molecule has 3 atom stereocenters. The van der Waals surface area contributed by atoms with Crippen LogP contribution in [0.1, 0.15) is 50.7 Å². The van der Waals surface area contributed by atoms with E-state index >= 15 is 0 Å². The summed E-state index contributed by atoms with van der Waals surface area (Å²) in [5.41, 5.74) is -1.19. The molecule has 0 radical (unpaired) electrons. The van der Waals surface area contributed by atoms with Gasteiger partial charge in [-0.1, -0.05) is 0 Å². The molecule has 1 aromatic rings. The Labute approximate surface area is 211 Å². The maximum atomic E-state index is 13.5. The number of alkyl halides is 3. The van der Waals surface area contributed by atoms with E-state index in [9.17, 15) is 23.1 Å². The van der Waals surface area contributed by atoms with Crippen molar-refractivity contribution in [2.75, 3.05) is 19.8 Å². The van der Waals surface area contributed by atoms with Crippen molar-refractivity contribution < 1.29 is 27.8 Å². The molecular formula is C26H41F3N2O3Sn. The van der Waals surface area contributed by atoms with Crippen LogP contribution in [0, 0.1) is 17.8 Å². The third kappa shape index (κ3) is 8.07. The van der Waals surface area contributed by atoms with Crippen molar-refractivity contribution in [3.63, 3.8) is 0 Å². The number of carbonyl (C=O) groups excluding carboxylic acids is 1. The van der Waals surface area contributed by atoms with Gasteiger partial charge in [0.2, 0.25) is 0 Å². The van der Waals surface area contributed by atoms with Crippen LogP contribution in [0.3, 0.4) is 0 Å². The zero-order chi connectivity index (χ0) is 26.0. The summed E-state index contributed by atoms with van der Waals surface area (Å²) in [5, 5.41) is 17.3. The van der Waals surface area contributed by atoms with Gasteiger partial charge in [-0.2, -0.15) is 0 Å². The molecule has 5 nitrogen and oxygen atoms in total. The van der Waals surface area contributed by atoms with Gasteiger partial charge in [0.25, 0.3) is 0 Å². The van der Waals surface area contributed by atoms with Gasteiger partial charge in [0.1, 0.15) is 0 Å². The van der Waals surface area contributed by atoms with Crippen LogP contribution in [-0.2, 0) is 22.3 Å². The Morgan fingerprint density at radius 3 is 2.34 bits per heavy atom. The average molecular weight is 605 g/mol. The van der Waals surface area contributed by atoms with Gasteiger partial charge in [-0.25, -0.2) is 0 Å². The van der Waals surface area contributed by atoms with Gasteiger partial charge in [-0.3, -0.25) is 0 Å². The monoisotopic (exact) mass is 606 g/mol. The molecule has 1 amide bonds. The molecule has 3 N–H and O–H groups in total. The number of halogens is 3. The molecule has 2 fully saturated rings. The second-order valence-electron chi connectivity index (χ2n) is 11.9. The van der Waals surface area contributed by atoms with E-state index in [1.807, 2.05) is 6.07 Å². The van der Waals surface area contributed by atoms with Crippen molar-refractivity contribution in [3.8, 4) is 0 Å². The van der Waals surface area contributed by atoms with Gasteiger partial charge in [-0.05, 0) is 12.8 Å². The molecule has 1 aromatic carbocycles. The summed E-state index contributed by atoms with van der Waals surface area (Å²) in [6.07, 6.45) is -1.08. The molecule has 0 aromatic heterocycles. The molecule has 0 bridgehead atoms. The molecule has 1 saturated heterocycles. The molecule has 35 heavy (non-hydrogen) atoms. The first-order chi connectivity index (χ1) is 16.1. The summed E-state index contributed by atoms with van der Waals surface area (Å²) in [4.78, 5) is 19.5. The number of aliphatic hydroxyl groups is 1. The van der Waals surface area contributed by atoms with E-state index in [1.54, 1.807) is 13.8 Å². The Kier molecular flexibility index (Phi) is 9.25. The van der Waals surface area contributed by atoms with Gasteiger partial charge < -0.3 is 4.74 Å². The molecule has 198 valence electrons. The Balaban J connectivity index is 1.68. The van der Waals surface area contributed by atoms with Crippen molar-refractivity contribution in [3.05, 3.63) is 29.3 Å². The molecule has 0 spiro atoms. The van der Waals surface area contributed by atoms with Gasteiger partial charge >= 0.3 is 181 Å². The van der Waals surface area contributed by atoms with Crippen LogP contribution < -0.4 is 14.2 Å². The van der Waals surface area contributed by atoms with E-state index < -0.39 is 35.7 Å². The van der Waals surface area contributed by atoms with Gasteiger partial charge in [0.05, 0.1) is 0 Å². The van der Waals surface area contributed by atoms with Gasteiger partial charge in [0, 0.05) is 13.2 Å². The standard InChI is InChI=1S/C23H32F3N2O3.3CH3.Sn/c1-22(2,30)20-12-16(14-27-18-6-8-31-9-7-18)11-19(20)21(29)28-13-15-4-3-5-17(10-15)23(24,25)26;;;;/h4-5,10,16,18-20,27,30H,6-9,11-14H2,1-2H3,(H,28,29);3*1H3;/t16?,19-,20?;;;;/m1..../s1.